The molecule has 1 heterocycles. The average Bonchev–Trinajstić information content (AvgIpc) is 2.52. The molecular weight excluding hydrogens is 218 g/mol. The second-order valence-electron chi connectivity index (χ2n) is 3.59. The second kappa shape index (κ2) is 4.69. The summed E-state index contributed by atoms with van der Waals surface area (Å²) in [6.45, 7) is 0. The van der Waals surface area contributed by atoms with E-state index in [4.69, 9.17) is 10.5 Å². The van der Waals surface area contributed by atoms with E-state index in [1.54, 1.807) is 7.11 Å². The Morgan fingerprint density at radius 3 is 3.00 bits per heavy atom. The molecule has 3 N–H and O–H groups in total. The summed E-state index contributed by atoms with van der Waals surface area (Å²) in [6.07, 6.45) is 8.21. The van der Waals surface area contributed by atoms with Crippen molar-refractivity contribution in [3.05, 3.63) is 52.2 Å². The summed E-state index contributed by atoms with van der Waals surface area (Å²) < 4.78 is 5.12. The van der Waals surface area contributed by atoms with Crippen molar-refractivity contribution < 1.29 is 4.74 Å². The molecule has 2 rings (SSSR count). The molecule has 1 aromatic rings. The maximum atomic E-state index is 11.3. The van der Waals surface area contributed by atoms with Crippen LogP contribution in [0, 0.1) is 0 Å². The molecule has 1 aliphatic rings. The number of nitrogens with two attached hydrogens (primary N) is 1. The molecule has 0 aromatic carbocycles. The van der Waals surface area contributed by atoms with Gasteiger partial charge in [-0.15, -0.1) is 0 Å². The fourth-order valence-corrected chi connectivity index (χ4v) is 1.58. The molecule has 0 saturated carbocycles. The lowest BCUT2D eigenvalue weighted by Gasteiger charge is -2.02. The van der Waals surface area contributed by atoms with Gasteiger partial charge in [-0.2, -0.15) is 0 Å². The van der Waals surface area contributed by atoms with Gasteiger partial charge in [-0.25, -0.2) is 4.98 Å². The standard InChI is InChI=1S/C12H13N3O2/c1-17-9-4-2-3-8(5-6-9)10-7-11(16)15-12(13)14-10/h2,4-7H,3H2,1H3,(H3,13,14,15,16). The number of anilines is 1. The fraction of sp³-hybridized carbons (Fsp3) is 0.167. The van der Waals surface area contributed by atoms with Gasteiger partial charge in [0.15, 0.2) is 0 Å². The Morgan fingerprint density at radius 1 is 1.47 bits per heavy atom. The van der Waals surface area contributed by atoms with Gasteiger partial charge in [-0.3, -0.25) is 9.78 Å². The Bertz CT molecular complexity index is 567. The summed E-state index contributed by atoms with van der Waals surface area (Å²) in [6, 6.07) is 1.43. The smallest absolute Gasteiger partial charge is 0.252 e. The van der Waals surface area contributed by atoms with E-state index in [0.717, 1.165) is 11.3 Å². The van der Waals surface area contributed by atoms with Crippen LogP contribution in [-0.2, 0) is 4.74 Å². The van der Waals surface area contributed by atoms with Crippen LogP contribution >= 0.6 is 0 Å². The Morgan fingerprint density at radius 2 is 2.29 bits per heavy atom. The first-order chi connectivity index (χ1) is 8.19. The van der Waals surface area contributed by atoms with Crippen molar-refractivity contribution in [3.63, 3.8) is 0 Å². The van der Waals surface area contributed by atoms with Gasteiger partial charge in [-0.05, 0) is 24.1 Å². The Kier molecular flexibility index (Phi) is 3.09. The topological polar surface area (TPSA) is 81.0 Å². The van der Waals surface area contributed by atoms with Crippen molar-refractivity contribution in [2.24, 2.45) is 0 Å². The highest BCUT2D eigenvalue weighted by atomic mass is 16.5. The minimum atomic E-state index is -0.252. The number of hydrogen-bond donors (Lipinski definition) is 2. The van der Waals surface area contributed by atoms with Crippen LogP contribution in [0.4, 0.5) is 5.95 Å². The summed E-state index contributed by atoms with van der Waals surface area (Å²) in [5.41, 5.74) is 6.76. The third kappa shape index (κ3) is 2.63. The second-order valence-corrected chi connectivity index (χ2v) is 3.59. The molecule has 0 unspecified atom stereocenters. The monoisotopic (exact) mass is 231 g/mol. The lowest BCUT2D eigenvalue weighted by atomic mass is 10.1. The molecular formula is C12H13N3O2. The molecule has 1 aromatic heterocycles. The molecule has 0 amide bonds. The first-order valence-electron chi connectivity index (χ1n) is 5.17. The highest BCUT2D eigenvalue weighted by Crippen LogP contribution is 2.19. The Balaban J connectivity index is 2.41. The molecule has 88 valence electrons. The number of H-pyrrole nitrogens is 1. The zero-order valence-electron chi connectivity index (χ0n) is 9.43. The van der Waals surface area contributed by atoms with Crippen LogP contribution in [0.2, 0.25) is 0 Å². The molecule has 5 heteroatoms. The molecule has 0 spiro atoms. The third-order valence-corrected chi connectivity index (χ3v) is 2.39. The van der Waals surface area contributed by atoms with Crippen LogP contribution < -0.4 is 11.3 Å². The SMILES string of the molecule is COC1=CC=C(c2cc(=O)[nH]c(N)n2)CC=C1. The number of allylic oxidation sites excluding steroid dienone is 5. The van der Waals surface area contributed by atoms with Crippen LogP contribution in [0.3, 0.4) is 0 Å². The van der Waals surface area contributed by atoms with E-state index < -0.39 is 0 Å². The van der Waals surface area contributed by atoms with Gasteiger partial charge in [0.2, 0.25) is 5.95 Å². The quantitative estimate of drug-likeness (QED) is 0.802. The van der Waals surface area contributed by atoms with E-state index in [-0.39, 0.29) is 11.5 Å². The predicted molar refractivity (Wildman–Crippen MR) is 66.1 cm³/mol. The van der Waals surface area contributed by atoms with Gasteiger partial charge in [0, 0.05) is 6.07 Å². The van der Waals surface area contributed by atoms with E-state index in [9.17, 15) is 4.79 Å². The zero-order chi connectivity index (χ0) is 12.3. The minimum Gasteiger partial charge on any atom is -0.497 e. The number of ether oxygens (including phenoxy) is 1. The fourth-order valence-electron chi connectivity index (χ4n) is 1.58. The summed E-state index contributed by atoms with van der Waals surface area (Å²) in [5.74, 6) is 0.885. The maximum Gasteiger partial charge on any atom is 0.252 e. The van der Waals surface area contributed by atoms with Crippen LogP contribution in [0.1, 0.15) is 12.1 Å². The normalized spacial score (nSPS) is 14.9. The lowest BCUT2D eigenvalue weighted by Crippen LogP contribution is -2.11. The van der Waals surface area contributed by atoms with E-state index in [1.807, 2.05) is 24.3 Å². The molecule has 17 heavy (non-hydrogen) atoms. The van der Waals surface area contributed by atoms with Crippen LogP contribution in [0.25, 0.3) is 5.57 Å². The summed E-state index contributed by atoms with van der Waals surface area (Å²) in [7, 11) is 1.61. The van der Waals surface area contributed by atoms with E-state index in [2.05, 4.69) is 9.97 Å². The Hall–Kier alpha value is -2.30. The lowest BCUT2D eigenvalue weighted by molar-refractivity contribution is 0.307. The van der Waals surface area contributed by atoms with Gasteiger partial charge < -0.3 is 10.5 Å². The largest absolute Gasteiger partial charge is 0.497 e. The number of nitrogens with zero attached hydrogens (tertiary/aromatic N) is 1. The number of aromatic amines is 1. The van der Waals surface area contributed by atoms with E-state index in [0.29, 0.717) is 12.1 Å². The minimum absolute atomic E-state index is 0.123. The van der Waals surface area contributed by atoms with Crippen LogP contribution in [0.15, 0.2) is 40.9 Å². The van der Waals surface area contributed by atoms with Crippen molar-refractivity contribution in [1.29, 1.82) is 0 Å². The zero-order valence-corrected chi connectivity index (χ0v) is 9.43. The highest BCUT2D eigenvalue weighted by Gasteiger charge is 2.06. The number of nitrogen functional groups attached to an aromatic ring is 1. The van der Waals surface area contributed by atoms with Gasteiger partial charge in [0.1, 0.15) is 5.76 Å². The first kappa shape index (κ1) is 11.2. The summed E-state index contributed by atoms with van der Waals surface area (Å²) >= 11 is 0. The van der Waals surface area contributed by atoms with Crippen molar-refractivity contribution in [3.8, 4) is 0 Å². The molecule has 1 aliphatic carbocycles. The van der Waals surface area contributed by atoms with E-state index >= 15 is 0 Å². The summed E-state index contributed by atoms with van der Waals surface area (Å²) in [4.78, 5) is 17.8. The summed E-state index contributed by atoms with van der Waals surface area (Å²) in [5, 5.41) is 0. The van der Waals surface area contributed by atoms with Gasteiger partial charge in [0.25, 0.3) is 5.56 Å². The van der Waals surface area contributed by atoms with Crippen molar-refractivity contribution in [2.75, 3.05) is 12.8 Å². The molecule has 0 radical (unpaired) electrons. The number of rotatable bonds is 2. The third-order valence-electron chi connectivity index (χ3n) is 2.39. The number of nitrogens with one attached hydrogen (secondary N) is 1. The van der Waals surface area contributed by atoms with E-state index in [1.165, 1.54) is 6.07 Å². The van der Waals surface area contributed by atoms with Crippen molar-refractivity contribution in [1.82, 2.24) is 9.97 Å². The van der Waals surface area contributed by atoms with Gasteiger partial charge in [-0.1, -0.05) is 12.2 Å². The molecule has 5 nitrogen and oxygen atoms in total. The molecule has 0 fully saturated rings. The van der Waals surface area contributed by atoms with Crippen LogP contribution in [-0.4, -0.2) is 17.1 Å². The number of methoxy groups -OCH3 is 1. The predicted octanol–water partition coefficient (Wildman–Crippen LogP) is 1.23. The first-order valence-corrected chi connectivity index (χ1v) is 5.17. The van der Waals surface area contributed by atoms with Gasteiger partial charge in [0.05, 0.1) is 12.8 Å². The average molecular weight is 231 g/mol. The highest BCUT2D eigenvalue weighted by molar-refractivity contribution is 5.67. The van der Waals surface area contributed by atoms with Crippen molar-refractivity contribution >= 4 is 11.5 Å². The number of hydrogen-bond acceptors (Lipinski definition) is 4. The molecule has 0 atom stereocenters. The molecule has 0 aliphatic heterocycles. The maximum absolute atomic E-state index is 11.3. The van der Waals surface area contributed by atoms with Gasteiger partial charge >= 0.3 is 0 Å². The number of aromatic nitrogens is 2. The Labute approximate surface area is 98.3 Å². The molecule has 0 bridgehead atoms. The van der Waals surface area contributed by atoms with Crippen molar-refractivity contribution in [2.45, 2.75) is 6.42 Å². The molecule has 0 saturated heterocycles. The van der Waals surface area contributed by atoms with Crippen LogP contribution in [0.5, 0.6) is 0 Å².